The Balaban J connectivity index is 2.00. The van der Waals surface area contributed by atoms with Crippen LogP contribution in [0.2, 0.25) is 0 Å². The van der Waals surface area contributed by atoms with Gasteiger partial charge in [-0.25, -0.2) is 0 Å². The normalized spacial score (nSPS) is 11.7. The third-order valence-electron chi connectivity index (χ3n) is 3.57. The first-order valence-electron chi connectivity index (χ1n) is 7.85. The molecule has 0 aliphatic heterocycles. The van der Waals surface area contributed by atoms with Crippen molar-refractivity contribution in [2.24, 2.45) is 0 Å². The molecule has 0 saturated carbocycles. The van der Waals surface area contributed by atoms with Gasteiger partial charge >= 0.3 is 0 Å². The highest BCUT2D eigenvalue weighted by atomic mass is 32.1. The summed E-state index contributed by atoms with van der Waals surface area (Å²) >= 11 is 1.37. The Morgan fingerprint density at radius 3 is 2.61 bits per heavy atom. The van der Waals surface area contributed by atoms with E-state index in [1.807, 2.05) is 49.6 Å². The molecule has 1 aromatic carbocycles. The number of anilines is 1. The summed E-state index contributed by atoms with van der Waals surface area (Å²) in [7, 11) is 0. The standard InChI is InChI=1S/C18H22N2O2S/c1-3-4-10-16(21)20-18-15(11-12-23-18)17(22)19-13(2)14-8-6-5-7-9-14/h5-9,11-13H,3-4,10H2,1-2H3,(H,19,22)(H,20,21). The molecule has 2 aromatic rings. The van der Waals surface area contributed by atoms with E-state index in [9.17, 15) is 9.59 Å². The third-order valence-corrected chi connectivity index (χ3v) is 4.40. The van der Waals surface area contributed by atoms with Gasteiger partial charge in [0.2, 0.25) is 5.91 Å². The van der Waals surface area contributed by atoms with Crippen molar-refractivity contribution < 1.29 is 9.59 Å². The molecule has 0 spiro atoms. The number of benzene rings is 1. The number of nitrogens with one attached hydrogen (secondary N) is 2. The van der Waals surface area contributed by atoms with Crippen LogP contribution in [0.5, 0.6) is 0 Å². The van der Waals surface area contributed by atoms with E-state index in [1.165, 1.54) is 11.3 Å². The lowest BCUT2D eigenvalue weighted by Crippen LogP contribution is -2.27. The van der Waals surface area contributed by atoms with Crippen LogP contribution in [0.1, 0.15) is 55.1 Å². The van der Waals surface area contributed by atoms with Gasteiger partial charge in [0.15, 0.2) is 0 Å². The fraction of sp³-hybridized carbons (Fsp3) is 0.333. The molecule has 0 fully saturated rings. The average Bonchev–Trinajstić information content (AvgIpc) is 3.01. The van der Waals surface area contributed by atoms with Crippen molar-refractivity contribution in [2.75, 3.05) is 5.32 Å². The molecule has 0 bridgehead atoms. The van der Waals surface area contributed by atoms with Gasteiger partial charge in [-0.15, -0.1) is 11.3 Å². The molecule has 1 unspecified atom stereocenters. The van der Waals surface area contributed by atoms with Gasteiger partial charge in [-0.2, -0.15) is 0 Å². The van der Waals surface area contributed by atoms with Crippen molar-refractivity contribution in [1.82, 2.24) is 5.32 Å². The summed E-state index contributed by atoms with van der Waals surface area (Å²) in [5.41, 5.74) is 1.56. The summed E-state index contributed by atoms with van der Waals surface area (Å²) < 4.78 is 0. The van der Waals surface area contributed by atoms with E-state index in [-0.39, 0.29) is 17.9 Å². The van der Waals surface area contributed by atoms with Crippen molar-refractivity contribution >= 4 is 28.2 Å². The smallest absolute Gasteiger partial charge is 0.254 e. The maximum atomic E-state index is 12.5. The molecule has 2 amide bonds. The molecule has 2 N–H and O–H groups in total. The van der Waals surface area contributed by atoms with Gasteiger partial charge in [0.25, 0.3) is 5.91 Å². The molecule has 1 atom stereocenters. The van der Waals surface area contributed by atoms with Crippen LogP contribution < -0.4 is 10.6 Å². The zero-order chi connectivity index (χ0) is 16.7. The summed E-state index contributed by atoms with van der Waals surface area (Å²) in [6.45, 7) is 3.99. The maximum absolute atomic E-state index is 12.5. The lowest BCUT2D eigenvalue weighted by Gasteiger charge is -2.14. The van der Waals surface area contributed by atoms with E-state index < -0.39 is 0 Å². The summed E-state index contributed by atoms with van der Waals surface area (Å²) in [5, 5.41) is 8.24. The van der Waals surface area contributed by atoms with Crippen LogP contribution in [0.15, 0.2) is 41.8 Å². The minimum Gasteiger partial charge on any atom is -0.345 e. The van der Waals surface area contributed by atoms with Gasteiger partial charge in [-0.05, 0) is 30.4 Å². The third kappa shape index (κ3) is 4.93. The second-order valence-electron chi connectivity index (χ2n) is 5.42. The van der Waals surface area contributed by atoms with E-state index in [1.54, 1.807) is 6.07 Å². The predicted molar refractivity (Wildman–Crippen MR) is 94.8 cm³/mol. The van der Waals surface area contributed by atoms with E-state index in [0.29, 0.717) is 17.0 Å². The Bertz CT molecular complexity index is 652. The molecule has 2 rings (SSSR count). The van der Waals surface area contributed by atoms with Gasteiger partial charge in [0.05, 0.1) is 11.6 Å². The molecule has 0 aliphatic carbocycles. The Morgan fingerprint density at radius 1 is 1.17 bits per heavy atom. The second-order valence-corrected chi connectivity index (χ2v) is 6.34. The first-order chi connectivity index (χ1) is 11.1. The highest BCUT2D eigenvalue weighted by molar-refractivity contribution is 7.14. The lowest BCUT2D eigenvalue weighted by atomic mass is 10.1. The topological polar surface area (TPSA) is 58.2 Å². The SMILES string of the molecule is CCCCC(=O)Nc1sccc1C(=O)NC(C)c1ccccc1. The quantitative estimate of drug-likeness (QED) is 0.792. The highest BCUT2D eigenvalue weighted by Crippen LogP contribution is 2.24. The molecule has 23 heavy (non-hydrogen) atoms. The van der Waals surface area contributed by atoms with E-state index in [4.69, 9.17) is 0 Å². The summed E-state index contributed by atoms with van der Waals surface area (Å²) in [4.78, 5) is 24.3. The molecular formula is C18H22N2O2S. The van der Waals surface area contributed by atoms with E-state index >= 15 is 0 Å². The predicted octanol–water partition coefficient (Wildman–Crippen LogP) is 4.37. The Morgan fingerprint density at radius 2 is 1.91 bits per heavy atom. The minimum atomic E-state index is -0.173. The van der Waals surface area contributed by atoms with Gasteiger partial charge in [-0.3, -0.25) is 9.59 Å². The monoisotopic (exact) mass is 330 g/mol. The van der Waals surface area contributed by atoms with Gasteiger partial charge in [0.1, 0.15) is 5.00 Å². The zero-order valence-corrected chi connectivity index (χ0v) is 14.3. The highest BCUT2D eigenvalue weighted by Gasteiger charge is 2.17. The Hall–Kier alpha value is -2.14. The zero-order valence-electron chi connectivity index (χ0n) is 13.5. The fourth-order valence-electron chi connectivity index (χ4n) is 2.21. The number of thiophene rings is 1. The molecule has 122 valence electrons. The first kappa shape index (κ1) is 17.2. The van der Waals surface area contributed by atoms with E-state index in [0.717, 1.165) is 18.4 Å². The molecule has 4 nitrogen and oxygen atoms in total. The summed E-state index contributed by atoms with van der Waals surface area (Å²) in [6.07, 6.45) is 2.31. The van der Waals surface area contributed by atoms with Crippen LogP contribution >= 0.6 is 11.3 Å². The first-order valence-corrected chi connectivity index (χ1v) is 8.73. The van der Waals surface area contributed by atoms with Gasteiger partial charge in [0, 0.05) is 6.42 Å². The van der Waals surface area contributed by atoms with Crippen LogP contribution in [0.4, 0.5) is 5.00 Å². The molecule has 1 aromatic heterocycles. The summed E-state index contributed by atoms with van der Waals surface area (Å²) in [5.74, 6) is -0.215. The number of carbonyl (C=O) groups is 2. The number of rotatable bonds is 7. The number of hydrogen-bond donors (Lipinski definition) is 2. The largest absolute Gasteiger partial charge is 0.345 e. The molecule has 0 aliphatic rings. The summed E-state index contributed by atoms with van der Waals surface area (Å²) in [6, 6.07) is 11.4. The molecule has 0 radical (unpaired) electrons. The number of unbranched alkanes of at least 4 members (excludes halogenated alkanes) is 1. The molecule has 0 saturated heterocycles. The number of carbonyl (C=O) groups excluding carboxylic acids is 2. The van der Waals surface area contributed by atoms with Crippen LogP contribution in [0, 0.1) is 0 Å². The average molecular weight is 330 g/mol. The van der Waals surface area contributed by atoms with Crippen molar-refractivity contribution in [1.29, 1.82) is 0 Å². The lowest BCUT2D eigenvalue weighted by molar-refractivity contribution is -0.116. The van der Waals surface area contributed by atoms with Crippen molar-refractivity contribution in [3.63, 3.8) is 0 Å². The molecule has 1 heterocycles. The van der Waals surface area contributed by atoms with Crippen LogP contribution in [-0.2, 0) is 4.79 Å². The number of hydrogen-bond acceptors (Lipinski definition) is 3. The van der Waals surface area contributed by atoms with Gasteiger partial charge < -0.3 is 10.6 Å². The maximum Gasteiger partial charge on any atom is 0.254 e. The van der Waals surface area contributed by atoms with Crippen LogP contribution in [-0.4, -0.2) is 11.8 Å². The van der Waals surface area contributed by atoms with Crippen molar-refractivity contribution in [3.8, 4) is 0 Å². The Labute approximate surface area is 140 Å². The van der Waals surface area contributed by atoms with Crippen LogP contribution in [0.3, 0.4) is 0 Å². The Kier molecular flexibility index (Phi) is 6.35. The van der Waals surface area contributed by atoms with Crippen molar-refractivity contribution in [3.05, 3.63) is 52.9 Å². The van der Waals surface area contributed by atoms with Crippen molar-refractivity contribution in [2.45, 2.75) is 39.2 Å². The van der Waals surface area contributed by atoms with Gasteiger partial charge in [-0.1, -0.05) is 43.7 Å². The molecular weight excluding hydrogens is 308 g/mol. The minimum absolute atomic E-state index is 0.0422. The fourth-order valence-corrected chi connectivity index (χ4v) is 3.01. The van der Waals surface area contributed by atoms with E-state index in [2.05, 4.69) is 10.6 Å². The second kappa shape index (κ2) is 8.48. The number of amides is 2. The molecule has 5 heteroatoms. The van der Waals surface area contributed by atoms with Crippen LogP contribution in [0.25, 0.3) is 0 Å².